The van der Waals surface area contributed by atoms with E-state index in [0.717, 1.165) is 35.4 Å². The zero-order valence-electron chi connectivity index (χ0n) is 12.0. The fourth-order valence-electron chi connectivity index (χ4n) is 2.28. The number of hydrogen-bond donors (Lipinski definition) is 1. The van der Waals surface area contributed by atoms with Crippen molar-refractivity contribution in [2.75, 3.05) is 12.3 Å². The van der Waals surface area contributed by atoms with Gasteiger partial charge in [0.1, 0.15) is 11.3 Å². The van der Waals surface area contributed by atoms with Crippen molar-refractivity contribution in [3.05, 3.63) is 48.2 Å². The predicted octanol–water partition coefficient (Wildman–Crippen LogP) is 2.79. The van der Waals surface area contributed by atoms with E-state index in [1.54, 1.807) is 0 Å². The Kier molecular flexibility index (Phi) is 3.73. The number of nitrogens with zero attached hydrogens (tertiary/aromatic N) is 3. The molecule has 1 aromatic carbocycles. The molecule has 3 aromatic rings. The van der Waals surface area contributed by atoms with Crippen LogP contribution >= 0.6 is 0 Å². The normalized spacial score (nSPS) is 10.9. The van der Waals surface area contributed by atoms with Gasteiger partial charge in [-0.1, -0.05) is 18.2 Å². The standard InChI is InChI=1S/C16H18N4O/c1-12-10-14-15(18-11-12)20(16(17)19-14)8-5-9-21-13-6-3-2-4-7-13/h2-4,6-7,10-11H,5,8-9H2,1H3,(H2,17,19). The van der Waals surface area contributed by atoms with Gasteiger partial charge in [-0.15, -0.1) is 0 Å². The average molecular weight is 282 g/mol. The SMILES string of the molecule is Cc1cnc2c(c1)nc(N)n2CCCOc1ccccc1. The van der Waals surface area contributed by atoms with Crippen LogP contribution in [0.15, 0.2) is 42.6 Å². The Morgan fingerprint density at radius 1 is 1.24 bits per heavy atom. The largest absolute Gasteiger partial charge is 0.494 e. The van der Waals surface area contributed by atoms with Crippen LogP contribution in [0.25, 0.3) is 11.2 Å². The van der Waals surface area contributed by atoms with E-state index in [1.165, 1.54) is 0 Å². The smallest absolute Gasteiger partial charge is 0.202 e. The van der Waals surface area contributed by atoms with Crippen LogP contribution < -0.4 is 10.5 Å². The lowest BCUT2D eigenvalue weighted by Crippen LogP contribution is -2.08. The third-order valence-electron chi connectivity index (χ3n) is 3.29. The summed E-state index contributed by atoms with van der Waals surface area (Å²) >= 11 is 0. The molecule has 5 heteroatoms. The average Bonchev–Trinajstić information content (AvgIpc) is 2.79. The Labute approximate surface area is 123 Å². The number of rotatable bonds is 5. The quantitative estimate of drug-likeness (QED) is 0.731. The fourth-order valence-corrected chi connectivity index (χ4v) is 2.28. The number of benzene rings is 1. The van der Waals surface area contributed by atoms with E-state index in [2.05, 4.69) is 9.97 Å². The first-order valence-electron chi connectivity index (χ1n) is 7.00. The molecule has 0 aliphatic heterocycles. The number of para-hydroxylation sites is 1. The molecule has 5 nitrogen and oxygen atoms in total. The third-order valence-corrected chi connectivity index (χ3v) is 3.29. The van der Waals surface area contributed by atoms with Gasteiger partial charge in [-0.05, 0) is 37.1 Å². The highest BCUT2D eigenvalue weighted by Gasteiger charge is 2.09. The number of nitrogens with two attached hydrogens (primary N) is 1. The molecule has 0 amide bonds. The van der Waals surface area contributed by atoms with Gasteiger partial charge in [0.2, 0.25) is 5.95 Å². The van der Waals surface area contributed by atoms with E-state index >= 15 is 0 Å². The summed E-state index contributed by atoms with van der Waals surface area (Å²) in [6.07, 6.45) is 2.68. The minimum Gasteiger partial charge on any atom is -0.494 e. The van der Waals surface area contributed by atoms with Gasteiger partial charge in [0.15, 0.2) is 5.65 Å². The van der Waals surface area contributed by atoms with E-state index < -0.39 is 0 Å². The van der Waals surface area contributed by atoms with Crippen molar-refractivity contribution in [3.63, 3.8) is 0 Å². The Morgan fingerprint density at radius 2 is 2.05 bits per heavy atom. The lowest BCUT2D eigenvalue weighted by molar-refractivity contribution is 0.303. The predicted molar refractivity (Wildman–Crippen MR) is 83.2 cm³/mol. The Bertz CT molecular complexity index is 737. The fraction of sp³-hybridized carbons (Fsp3) is 0.250. The molecule has 2 N–H and O–H groups in total. The molecule has 2 heterocycles. The third kappa shape index (κ3) is 2.97. The molecular formula is C16H18N4O. The monoisotopic (exact) mass is 282 g/mol. The van der Waals surface area contributed by atoms with Crippen molar-refractivity contribution in [2.24, 2.45) is 0 Å². The maximum absolute atomic E-state index is 5.97. The topological polar surface area (TPSA) is 66.0 Å². The van der Waals surface area contributed by atoms with Crippen molar-refractivity contribution in [2.45, 2.75) is 19.9 Å². The van der Waals surface area contributed by atoms with Crippen molar-refractivity contribution in [3.8, 4) is 5.75 Å². The second-order valence-corrected chi connectivity index (χ2v) is 4.99. The number of nitrogen functional groups attached to an aromatic ring is 1. The maximum Gasteiger partial charge on any atom is 0.202 e. The van der Waals surface area contributed by atoms with E-state index in [1.807, 2.05) is 54.1 Å². The van der Waals surface area contributed by atoms with Gasteiger partial charge >= 0.3 is 0 Å². The number of fused-ring (bicyclic) bond motifs is 1. The molecule has 0 spiro atoms. The minimum atomic E-state index is 0.503. The van der Waals surface area contributed by atoms with Crippen molar-refractivity contribution in [1.82, 2.24) is 14.5 Å². The lowest BCUT2D eigenvalue weighted by atomic mass is 10.3. The molecule has 0 bridgehead atoms. The summed E-state index contributed by atoms with van der Waals surface area (Å²) in [5, 5.41) is 0. The highest BCUT2D eigenvalue weighted by Crippen LogP contribution is 2.17. The van der Waals surface area contributed by atoms with Crippen molar-refractivity contribution >= 4 is 17.1 Å². The van der Waals surface area contributed by atoms with Gasteiger partial charge < -0.3 is 10.5 Å². The van der Waals surface area contributed by atoms with E-state index in [-0.39, 0.29) is 0 Å². The Hall–Kier alpha value is -2.56. The first kappa shape index (κ1) is 13.4. The van der Waals surface area contributed by atoms with Crippen LogP contribution in [0.3, 0.4) is 0 Å². The summed E-state index contributed by atoms with van der Waals surface area (Å²) in [5.74, 6) is 1.39. The minimum absolute atomic E-state index is 0.503. The highest BCUT2D eigenvalue weighted by molar-refractivity contribution is 5.74. The molecule has 0 saturated carbocycles. The molecule has 0 aliphatic rings. The summed E-state index contributed by atoms with van der Waals surface area (Å²) in [5.41, 5.74) is 8.73. The van der Waals surface area contributed by atoms with Crippen LogP contribution in [-0.4, -0.2) is 21.1 Å². The molecule has 0 aliphatic carbocycles. The molecule has 2 aromatic heterocycles. The van der Waals surface area contributed by atoms with Gasteiger partial charge in [-0.25, -0.2) is 9.97 Å². The van der Waals surface area contributed by atoms with Crippen LogP contribution in [0.4, 0.5) is 5.95 Å². The summed E-state index contributed by atoms with van der Waals surface area (Å²) in [4.78, 5) is 8.77. The second-order valence-electron chi connectivity index (χ2n) is 4.99. The van der Waals surface area contributed by atoms with Crippen LogP contribution in [0.2, 0.25) is 0 Å². The summed E-state index contributed by atoms with van der Waals surface area (Å²) < 4.78 is 7.61. The summed E-state index contributed by atoms with van der Waals surface area (Å²) in [6, 6.07) is 11.8. The number of anilines is 1. The van der Waals surface area contributed by atoms with Crippen LogP contribution in [0, 0.1) is 6.92 Å². The number of hydrogen-bond acceptors (Lipinski definition) is 4. The number of ether oxygens (including phenoxy) is 1. The van der Waals surface area contributed by atoms with Crippen LogP contribution in [0.1, 0.15) is 12.0 Å². The van der Waals surface area contributed by atoms with E-state index in [0.29, 0.717) is 12.6 Å². The molecule has 0 unspecified atom stereocenters. The molecule has 21 heavy (non-hydrogen) atoms. The Morgan fingerprint density at radius 3 is 2.86 bits per heavy atom. The summed E-state index contributed by atoms with van der Waals surface area (Å²) in [7, 11) is 0. The van der Waals surface area contributed by atoms with Crippen LogP contribution in [-0.2, 0) is 6.54 Å². The zero-order chi connectivity index (χ0) is 14.7. The van der Waals surface area contributed by atoms with Gasteiger partial charge in [0.05, 0.1) is 6.61 Å². The molecule has 0 atom stereocenters. The maximum atomic E-state index is 5.97. The molecule has 0 saturated heterocycles. The van der Waals surface area contributed by atoms with Crippen molar-refractivity contribution < 1.29 is 4.74 Å². The van der Waals surface area contributed by atoms with Gasteiger partial charge in [-0.3, -0.25) is 4.57 Å². The molecule has 108 valence electrons. The molecule has 0 fully saturated rings. The number of imidazole rings is 1. The molecule has 3 rings (SSSR count). The first-order chi connectivity index (χ1) is 10.2. The molecule has 0 radical (unpaired) electrons. The highest BCUT2D eigenvalue weighted by atomic mass is 16.5. The molecular weight excluding hydrogens is 264 g/mol. The second kappa shape index (κ2) is 5.83. The number of pyridine rings is 1. The van der Waals surface area contributed by atoms with Crippen molar-refractivity contribution in [1.29, 1.82) is 0 Å². The summed E-state index contributed by atoms with van der Waals surface area (Å²) in [6.45, 7) is 3.37. The van der Waals surface area contributed by atoms with E-state index in [9.17, 15) is 0 Å². The van der Waals surface area contributed by atoms with E-state index in [4.69, 9.17) is 10.5 Å². The van der Waals surface area contributed by atoms with Gasteiger partial charge in [0, 0.05) is 12.7 Å². The van der Waals surface area contributed by atoms with Crippen LogP contribution in [0.5, 0.6) is 5.75 Å². The number of aromatic nitrogens is 3. The lowest BCUT2D eigenvalue weighted by Gasteiger charge is -2.08. The van der Waals surface area contributed by atoms with Gasteiger partial charge in [-0.2, -0.15) is 0 Å². The zero-order valence-corrected chi connectivity index (χ0v) is 12.0. The number of aryl methyl sites for hydroxylation is 2. The van der Waals surface area contributed by atoms with Gasteiger partial charge in [0.25, 0.3) is 0 Å². The Balaban J connectivity index is 1.64. The first-order valence-corrected chi connectivity index (χ1v) is 7.00.